The van der Waals surface area contributed by atoms with E-state index in [1.807, 2.05) is 7.05 Å². The van der Waals surface area contributed by atoms with Crippen molar-refractivity contribution in [2.45, 2.75) is 32.2 Å². The molecule has 1 fully saturated rings. The number of aliphatic imine (C=N–C) groups is 1. The van der Waals surface area contributed by atoms with Gasteiger partial charge in [-0.05, 0) is 43.0 Å². The molecule has 1 aliphatic rings. The van der Waals surface area contributed by atoms with Crippen molar-refractivity contribution >= 4 is 45.9 Å². The number of halogens is 2. The van der Waals surface area contributed by atoms with Gasteiger partial charge >= 0.3 is 0 Å². The minimum Gasteiger partial charge on any atom is -0.352 e. The van der Waals surface area contributed by atoms with Crippen LogP contribution in [0.3, 0.4) is 0 Å². The molecule has 1 aromatic carbocycles. The zero-order valence-electron chi connectivity index (χ0n) is 14.5. The van der Waals surface area contributed by atoms with Gasteiger partial charge in [0, 0.05) is 37.1 Å². The average molecular weight is 519 g/mol. The van der Waals surface area contributed by atoms with Crippen LogP contribution in [0.4, 0.5) is 0 Å². The molecule has 1 saturated heterocycles. The van der Waals surface area contributed by atoms with E-state index < -0.39 is 0 Å². The number of guanidine groups is 1. The van der Waals surface area contributed by atoms with E-state index in [2.05, 4.69) is 71.4 Å². The topological polar surface area (TPSA) is 69.2 Å². The number of aryl methyl sites for hydroxylation is 1. The first-order chi connectivity index (χ1) is 11.7. The molecule has 25 heavy (non-hydrogen) atoms. The van der Waals surface area contributed by atoms with Crippen molar-refractivity contribution in [3.63, 3.8) is 0 Å². The maximum atomic E-state index is 4.45. The number of aromatic nitrogens is 3. The highest BCUT2D eigenvalue weighted by Gasteiger charge is 2.24. The Hall–Kier alpha value is -1.16. The molecule has 0 spiro atoms. The van der Waals surface area contributed by atoms with E-state index >= 15 is 0 Å². The van der Waals surface area contributed by atoms with Crippen molar-refractivity contribution in [3.8, 4) is 0 Å². The number of hydrogen-bond donors (Lipinski definition) is 2. The van der Waals surface area contributed by atoms with Crippen molar-refractivity contribution in [2.75, 3.05) is 20.1 Å². The lowest BCUT2D eigenvalue weighted by Gasteiger charge is -2.33. The average Bonchev–Trinajstić information content (AvgIpc) is 3.12. The molecule has 8 heteroatoms. The lowest BCUT2D eigenvalue weighted by atomic mass is 9.96. The highest BCUT2D eigenvalue weighted by Crippen LogP contribution is 2.25. The summed E-state index contributed by atoms with van der Waals surface area (Å²) in [5.41, 5.74) is 2.56. The molecule has 0 amide bonds. The Balaban J connectivity index is 0.00000225. The van der Waals surface area contributed by atoms with Crippen LogP contribution in [0.5, 0.6) is 0 Å². The van der Waals surface area contributed by atoms with Gasteiger partial charge in [-0.15, -0.1) is 24.0 Å². The zero-order valence-corrected chi connectivity index (χ0v) is 18.4. The van der Waals surface area contributed by atoms with E-state index in [9.17, 15) is 0 Å². The smallest absolute Gasteiger partial charge is 0.193 e. The fourth-order valence-electron chi connectivity index (χ4n) is 3.14. The van der Waals surface area contributed by atoms with Gasteiger partial charge in [0.15, 0.2) is 5.96 Å². The van der Waals surface area contributed by atoms with Crippen molar-refractivity contribution in [2.24, 2.45) is 4.99 Å². The van der Waals surface area contributed by atoms with Gasteiger partial charge in [-0.3, -0.25) is 10.1 Å². The summed E-state index contributed by atoms with van der Waals surface area (Å²) < 4.78 is 1.11. The second-order valence-corrected chi connectivity index (χ2v) is 7.02. The van der Waals surface area contributed by atoms with E-state index in [0.29, 0.717) is 5.92 Å². The predicted molar refractivity (Wildman–Crippen MR) is 114 cm³/mol. The minimum absolute atomic E-state index is 0. The van der Waals surface area contributed by atoms with Crippen LogP contribution in [0.2, 0.25) is 0 Å². The second kappa shape index (κ2) is 9.51. The van der Waals surface area contributed by atoms with Gasteiger partial charge in [0.05, 0.1) is 0 Å². The molecule has 2 heterocycles. The summed E-state index contributed by atoms with van der Waals surface area (Å²) in [7, 11) is 1.85. The number of aromatic amines is 1. The van der Waals surface area contributed by atoms with Crippen molar-refractivity contribution in [1.82, 2.24) is 25.4 Å². The first kappa shape index (κ1) is 20.2. The molecule has 0 aliphatic carbocycles. The Morgan fingerprint density at radius 3 is 2.76 bits per heavy atom. The largest absolute Gasteiger partial charge is 0.352 e. The van der Waals surface area contributed by atoms with Gasteiger partial charge in [-0.2, -0.15) is 5.10 Å². The van der Waals surface area contributed by atoms with Crippen LogP contribution in [0.25, 0.3) is 0 Å². The number of likely N-dealkylation sites (tertiary alicyclic amines) is 1. The van der Waals surface area contributed by atoms with E-state index in [4.69, 9.17) is 0 Å². The highest BCUT2D eigenvalue weighted by molar-refractivity contribution is 14.0. The van der Waals surface area contributed by atoms with Crippen LogP contribution in [0, 0.1) is 6.92 Å². The molecule has 0 bridgehead atoms. The van der Waals surface area contributed by atoms with E-state index in [-0.39, 0.29) is 24.0 Å². The molecule has 6 nitrogen and oxygen atoms in total. The van der Waals surface area contributed by atoms with Crippen LogP contribution in [0.15, 0.2) is 34.0 Å². The molecule has 0 saturated carbocycles. The molecule has 0 unspecified atom stereocenters. The number of rotatable bonds is 3. The zero-order chi connectivity index (χ0) is 16.9. The summed E-state index contributed by atoms with van der Waals surface area (Å²) in [4.78, 5) is 11.1. The van der Waals surface area contributed by atoms with Crippen LogP contribution in [-0.2, 0) is 6.54 Å². The lowest BCUT2D eigenvalue weighted by molar-refractivity contribution is 0.298. The van der Waals surface area contributed by atoms with E-state index in [1.54, 1.807) is 6.33 Å². The number of H-pyrrole nitrogens is 1. The van der Waals surface area contributed by atoms with Gasteiger partial charge < -0.3 is 10.2 Å². The van der Waals surface area contributed by atoms with Crippen molar-refractivity contribution in [1.29, 1.82) is 0 Å². The van der Waals surface area contributed by atoms with Crippen LogP contribution in [0.1, 0.15) is 35.7 Å². The number of nitrogens with one attached hydrogen (secondary N) is 2. The van der Waals surface area contributed by atoms with Crippen molar-refractivity contribution in [3.05, 3.63) is 46.0 Å². The second-order valence-electron chi connectivity index (χ2n) is 6.10. The summed E-state index contributed by atoms with van der Waals surface area (Å²) >= 11 is 3.51. The molecule has 0 radical (unpaired) electrons. The molecule has 1 aromatic heterocycles. The maximum Gasteiger partial charge on any atom is 0.193 e. The summed E-state index contributed by atoms with van der Waals surface area (Å²) in [5, 5.41) is 10.4. The third kappa shape index (κ3) is 5.16. The molecular weight excluding hydrogens is 495 g/mol. The number of piperidine rings is 1. The van der Waals surface area contributed by atoms with Gasteiger partial charge in [-0.25, -0.2) is 4.98 Å². The molecule has 3 rings (SSSR count). The van der Waals surface area contributed by atoms with Gasteiger partial charge in [-0.1, -0.05) is 22.0 Å². The third-order valence-corrected chi connectivity index (χ3v) is 5.06. The summed E-state index contributed by atoms with van der Waals surface area (Å²) in [6.45, 7) is 4.87. The van der Waals surface area contributed by atoms with Gasteiger partial charge in [0.2, 0.25) is 0 Å². The fourth-order valence-corrected chi connectivity index (χ4v) is 3.62. The summed E-state index contributed by atoms with van der Waals surface area (Å²) in [5.74, 6) is 2.44. The molecule has 2 aromatic rings. The van der Waals surface area contributed by atoms with Gasteiger partial charge in [0.1, 0.15) is 12.2 Å². The number of benzene rings is 1. The quantitative estimate of drug-likeness (QED) is 0.371. The molecule has 2 N–H and O–H groups in total. The maximum absolute atomic E-state index is 4.45. The standard InChI is InChI=1S/C17H23BrN6.HI/c1-12-9-15(18)4-3-14(12)10-20-17(19-2)24-7-5-13(6-8-24)16-21-11-22-23-16;/h3-4,9,11,13H,5-8,10H2,1-2H3,(H,19,20)(H,21,22,23);1H. The SMILES string of the molecule is CN=C(NCc1ccc(Br)cc1C)N1CCC(c2ncn[nH]2)CC1.I. The normalized spacial score (nSPS) is 15.8. The first-order valence-corrected chi connectivity index (χ1v) is 9.02. The Morgan fingerprint density at radius 2 is 2.16 bits per heavy atom. The number of nitrogens with zero attached hydrogens (tertiary/aromatic N) is 4. The van der Waals surface area contributed by atoms with Gasteiger partial charge in [0.25, 0.3) is 0 Å². The van der Waals surface area contributed by atoms with Crippen LogP contribution < -0.4 is 5.32 Å². The first-order valence-electron chi connectivity index (χ1n) is 8.23. The lowest BCUT2D eigenvalue weighted by Crippen LogP contribution is -2.45. The Kier molecular flexibility index (Phi) is 7.67. The van der Waals surface area contributed by atoms with E-state index in [0.717, 1.165) is 48.7 Å². The van der Waals surface area contributed by atoms with E-state index in [1.165, 1.54) is 11.1 Å². The van der Waals surface area contributed by atoms with Crippen molar-refractivity contribution < 1.29 is 0 Å². The van der Waals surface area contributed by atoms with Crippen LogP contribution >= 0.6 is 39.9 Å². The van der Waals surface area contributed by atoms with Crippen LogP contribution in [-0.4, -0.2) is 46.2 Å². The Labute approximate surface area is 174 Å². The molecular formula is C17H24BrIN6. The monoisotopic (exact) mass is 518 g/mol. The fraction of sp³-hybridized carbons (Fsp3) is 0.471. The summed E-state index contributed by atoms with van der Waals surface area (Å²) in [6.07, 6.45) is 3.71. The number of hydrogen-bond acceptors (Lipinski definition) is 3. The molecule has 0 atom stereocenters. The molecule has 1 aliphatic heterocycles. The Bertz CT molecular complexity index is 695. The Morgan fingerprint density at radius 1 is 1.40 bits per heavy atom. The third-order valence-electron chi connectivity index (χ3n) is 4.57. The minimum atomic E-state index is 0. The highest BCUT2D eigenvalue weighted by atomic mass is 127. The molecule has 136 valence electrons. The summed E-state index contributed by atoms with van der Waals surface area (Å²) in [6, 6.07) is 6.37. The predicted octanol–water partition coefficient (Wildman–Crippen LogP) is 3.45.